The number of amidine groups is 1. The summed E-state index contributed by atoms with van der Waals surface area (Å²) < 4.78 is 19.9. The van der Waals surface area contributed by atoms with Crippen molar-refractivity contribution in [1.82, 2.24) is 15.0 Å². The monoisotopic (exact) mass is 451 g/mol. The third kappa shape index (κ3) is 3.32. The molecule has 2 fully saturated rings. The number of hydrogen-bond acceptors (Lipinski definition) is 8. The minimum atomic E-state index is -0.335. The number of piperidine rings is 1. The van der Waals surface area contributed by atoms with E-state index in [-0.39, 0.29) is 29.3 Å². The highest BCUT2D eigenvalue weighted by molar-refractivity contribution is 6.11. The van der Waals surface area contributed by atoms with Crippen LogP contribution in [0.4, 0.5) is 15.9 Å². The second-order valence-electron chi connectivity index (χ2n) is 9.95. The van der Waals surface area contributed by atoms with Crippen LogP contribution < -0.4 is 15.5 Å². The van der Waals surface area contributed by atoms with Gasteiger partial charge in [-0.2, -0.15) is 0 Å². The van der Waals surface area contributed by atoms with Gasteiger partial charge in [-0.15, -0.1) is 0 Å². The predicted octanol–water partition coefficient (Wildman–Crippen LogP) is 2.62. The lowest BCUT2D eigenvalue weighted by atomic mass is 9.73. The Kier molecular flexibility index (Phi) is 4.88. The van der Waals surface area contributed by atoms with Crippen molar-refractivity contribution in [1.29, 1.82) is 0 Å². The summed E-state index contributed by atoms with van der Waals surface area (Å²) >= 11 is 0. The summed E-state index contributed by atoms with van der Waals surface area (Å²) in [5, 5.41) is 0. The molecule has 174 valence electrons. The van der Waals surface area contributed by atoms with Gasteiger partial charge in [-0.05, 0) is 26.2 Å². The smallest absolute Gasteiger partial charge is 0.156 e. The number of aliphatic imine (C=N–C) groups is 1. The molecule has 2 aromatic rings. The van der Waals surface area contributed by atoms with Crippen LogP contribution in [-0.4, -0.2) is 59.2 Å². The molecule has 1 spiro atoms. The van der Waals surface area contributed by atoms with E-state index < -0.39 is 0 Å². The van der Waals surface area contributed by atoms with E-state index in [1.165, 1.54) is 6.20 Å². The van der Waals surface area contributed by atoms with Crippen molar-refractivity contribution in [3.05, 3.63) is 41.4 Å². The van der Waals surface area contributed by atoms with Crippen LogP contribution in [0.15, 0.2) is 23.5 Å². The highest BCUT2D eigenvalue weighted by atomic mass is 19.1. The zero-order valence-corrected chi connectivity index (χ0v) is 19.2. The zero-order chi connectivity index (χ0) is 22.7. The SMILES string of the molecule is C[C@@H]1CCN(C2=NCc3nc(N4CCC5(CC4)CO[C@@H](C)[C@H]5N)cnc32)c2cc(F)cnc21. The summed E-state index contributed by atoms with van der Waals surface area (Å²) in [6.45, 7) is 7.99. The number of rotatable bonds is 1. The molecule has 3 atom stereocenters. The molecule has 4 aliphatic rings. The van der Waals surface area contributed by atoms with E-state index in [2.05, 4.69) is 28.6 Å². The van der Waals surface area contributed by atoms with Crippen LogP contribution in [-0.2, 0) is 11.3 Å². The van der Waals surface area contributed by atoms with Crippen LogP contribution in [0.1, 0.15) is 56.1 Å². The minimum Gasteiger partial charge on any atom is -0.376 e. The molecule has 0 aromatic carbocycles. The maximum Gasteiger partial charge on any atom is 0.156 e. The number of anilines is 2. The van der Waals surface area contributed by atoms with Gasteiger partial charge in [0.25, 0.3) is 0 Å². The summed E-state index contributed by atoms with van der Waals surface area (Å²) in [5.74, 6) is 1.61. The highest BCUT2D eigenvalue weighted by Crippen LogP contribution is 2.42. The van der Waals surface area contributed by atoms with Gasteiger partial charge in [0.05, 0.1) is 48.7 Å². The largest absolute Gasteiger partial charge is 0.376 e. The van der Waals surface area contributed by atoms with Gasteiger partial charge in [0.15, 0.2) is 5.84 Å². The first-order valence-electron chi connectivity index (χ1n) is 11.9. The Hall–Kier alpha value is -2.65. The third-order valence-corrected chi connectivity index (χ3v) is 8.02. The lowest BCUT2D eigenvalue weighted by molar-refractivity contribution is 0.0974. The van der Waals surface area contributed by atoms with Gasteiger partial charge in [-0.3, -0.25) is 9.98 Å². The number of aromatic nitrogens is 3. The summed E-state index contributed by atoms with van der Waals surface area (Å²) in [6, 6.07) is 1.65. The first-order valence-corrected chi connectivity index (χ1v) is 11.9. The lowest BCUT2D eigenvalue weighted by Gasteiger charge is -2.41. The van der Waals surface area contributed by atoms with E-state index in [0.29, 0.717) is 6.54 Å². The Morgan fingerprint density at radius 3 is 2.73 bits per heavy atom. The lowest BCUT2D eigenvalue weighted by Crippen LogP contribution is -2.50. The average molecular weight is 452 g/mol. The van der Waals surface area contributed by atoms with Crippen molar-refractivity contribution in [2.75, 3.05) is 36.0 Å². The first kappa shape index (κ1) is 20.9. The molecule has 0 saturated carbocycles. The van der Waals surface area contributed by atoms with Gasteiger partial charge < -0.3 is 20.3 Å². The predicted molar refractivity (Wildman–Crippen MR) is 124 cm³/mol. The number of halogens is 1. The van der Waals surface area contributed by atoms with E-state index in [1.807, 2.05) is 6.20 Å². The minimum absolute atomic E-state index is 0.0818. The van der Waals surface area contributed by atoms with Crippen LogP contribution in [0.25, 0.3) is 0 Å². The molecule has 2 N–H and O–H groups in total. The second kappa shape index (κ2) is 7.70. The van der Waals surface area contributed by atoms with Gasteiger partial charge in [0.2, 0.25) is 0 Å². The number of fused-ring (bicyclic) bond motifs is 2. The Labute approximate surface area is 193 Å². The molecule has 0 unspecified atom stereocenters. The number of pyridine rings is 1. The summed E-state index contributed by atoms with van der Waals surface area (Å²) in [4.78, 5) is 23.2. The van der Waals surface area contributed by atoms with Gasteiger partial charge in [-0.25, -0.2) is 14.4 Å². The Balaban J connectivity index is 1.22. The van der Waals surface area contributed by atoms with Crippen molar-refractivity contribution in [3.63, 3.8) is 0 Å². The van der Waals surface area contributed by atoms with Gasteiger partial charge in [-0.1, -0.05) is 6.92 Å². The normalized spacial score (nSPS) is 28.1. The quantitative estimate of drug-likeness (QED) is 0.712. The molecule has 0 radical (unpaired) electrons. The fourth-order valence-corrected chi connectivity index (χ4v) is 5.79. The molecule has 9 heteroatoms. The summed E-state index contributed by atoms with van der Waals surface area (Å²) in [7, 11) is 0. The molecule has 8 nitrogen and oxygen atoms in total. The maximum absolute atomic E-state index is 14.0. The van der Waals surface area contributed by atoms with E-state index in [9.17, 15) is 4.39 Å². The zero-order valence-electron chi connectivity index (χ0n) is 19.2. The Morgan fingerprint density at radius 2 is 1.97 bits per heavy atom. The van der Waals surface area contributed by atoms with E-state index in [4.69, 9.17) is 25.4 Å². The molecule has 2 saturated heterocycles. The third-order valence-electron chi connectivity index (χ3n) is 8.02. The summed E-state index contributed by atoms with van der Waals surface area (Å²) in [6.07, 6.45) is 6.21. The van der Waals surface area contributed by atoms with E-state index >= 15 is 0 Å². The van der Waals surface area contributed by atoms with Crippen LogP contribution in [0.5, 0.6) is 0 Å². The van der Waals surface area contributed by atoms with E-state index in [1.54, 1.807) is 6.07 Å². The van der Waals surface area contributed by atoms with Crippen molar-refractivity contribution in [2.24, 2.45) is 16.1 Å². The van der Waals surface area contributed by atoms with E-state index in [0.717, 1.165) is 79.9 Å². The van der Waals surface area contributed by atoms with Crippen molar-refractivity contribution < 1.29 is 9.13 Å². The molecule has 6 heterocycles. The van der Waals surface area contributed by atoms with Crippen LogP contribution in [0.2, 0.25) is 0 Å². The molecular formula is C24H30FN7O. The van der Waals surface area contributed by atoms with Crippen LogP contribution in [0.3, 0.4) is 0 Å². The standard InChI is InChI=1S/C24H30FN7O/c1-14-3-6-32(18-9-16(25)10-27-20(14)18)23-21-17(11-29-23)30-19(12-28-21)31-7-4-24(5-8-31)13-33-15(2)22(24)26/h9-10,12,14-15,22H,3-8,11,13,26H2,1-2H3/t14-,15+,22-/m1/s1. The van der Waals surface area contributed by atoms with Crippen LogP contribution in [0, 0.1) is 11.2 Å². The number of hydrogen-bond donors (Lipinski definition) is 1. The molecular weight excluding hydrogens is 421 g/mol. The molecule has 0 amide bonds. The topological polar surface area (TPSA) is 92.8 Å². The van der Waals surface area contributed by atoms with Gasteiger partial charge in [0, 0.05) is 43.1 Å². The molecule has 0 aliphatic carbocycles. The summed E-state index contributed by atoms with van der Waals surface area (Å²) in [5.41, 5.74) is 9.91. The fourth-order valence-electron chi connectivity index (χ4n) is 5.79. The number of nitrogens with two attached hydrogens (primary N) is 1. The van der Waals surface area contributed by atoms with Crippen molar-refractivity contribution in [2.45, 2.75) is 57.7 Å². The van der Waals surface area contributed by atoms with Crippen molar-refractivity contribution in [3.8, 4) is 0 Å². The van der Waals surface area contributed by atoms with Gasteiger partial charge >= 0.3 is 0 Å². The van der Waals surface area contributed by atoms with Crippen LogP contribution >= 0.6 is 0 Å². The number of ether oxygens (including phenoxy) is 1. The molecule has 0 bridgehead atoms. The first-order chi connectivity index (χ1) is 15.9. The second-order valence-corrected chi connectivity index (χ2v) is 9.95. The fraction of sp³-hybridized carbons (Fsp3) is 0.583. The van der Waals surface area contributed by atoms with Crippen molar-refractivity contribution >= 4 is 17.3 Å². The molecule has 4 aliphatic heterocycles. The average Bonchev–Trinajstić information content (AvgIpc) is 3.36. The Bertz CT molecular complexity index is 1110. The molecule has 33 heavy (non-hydrogen) atoms. The molecule has 6 rings (SSSR count). The number of nitrogens with zero attached hydrogens (tertiary/aromatic N) is 6. The maximum atomic E-state index is 14.0. The Morgan fingerprint density at radius 1 is 1.15 bits per heavy atom. The highest BCUT2D eigenvalue weighted by Gasteiger charge is 2.47. The van der Waals surface area contributed by atoms with Gasteiger partial charge in [0.1, 0.15) is 17.3 Å². The molecule has 2 aromatic heterocycles.